The van der Waals surface area contributed by atoms with E-state index in [-0.39, 0.29) is 11.7 Å². The summed E-state index contributed by atoms with van der Waals surface area (Å²) in [6.07, 6.45) is 1.95. The van der Waals surface area contributed by atoms with Crippen molar-refractivity contribution in [2.75, 3.05) is 13.1 Å². The summed E-state index contributed by atoms with van der Waals surface area (Å²) in [7, 11) is 0. The first-order valence-corrected chi connectivity index (χ1v) is 8.33. The van der Waals surface area contributed by atoms with Crippen LogP contribution in [0.2, 0.25) is 0 Å². The highest BCUT2D eigenvalue weighted by molar-refractivity contribution is 5.98. The Hall–Kier alpha value is -2.62. The van der Waals surface area contributed by atoms with E-state index in [1.807, 2.05) is 11.0 Å². The molecule has 3 aromatic rings. The number of H-pyrrole nitrogens is 1. The Morgan fingerprint density at radius 1 is 1.04 bits per heavy atom. The third-order valence-corrected chi connectivity index (χ3v) is 4.87. The van der Waals surface area contributed by atoms with Gasteiger partial charge in [0.2, 0.25) is 0 Å². The molecule has 1 fully saturated rings. The van der Waals surface area contributed by atoms with Crippen LogP contribution in [0.5, 0.6) is 0 Å². The molecule has 1 aromatic heterocycles. The lowest BCUT2D eigenvalue weighted by molar-refractivity contribution is 0.0708. The normalized spacial score (nSPS) is 15.8. The second kappa shape index (κ2) is 6.11. The molecule has 0 saturated carbocycles. The van der Waals surface area contributed by atoms with Crippen LogP contribution in [0, 0.1) is 5.82 Å². The van der Waals surface area contributed by atoms with Gasteiger partial charge in [0, 0.05) is 24.0 Å². The molecule has 1 amide bonds. The largest absolute Gasteiger partial charge is 0.351 e. The molecule has 0 spiro atoms. The Bertz CT molecular complexity index is 864. The summed E-state index contributed by atoms with van der Waals surface area (Å²) < 4.78 is 13.3. The number of likely N-dealkylation sites (tertiary alicyclic amines) is 1. The first-order chi connectivity index (χ1) is 11.7. The summed E-state index contributed by atoms with van der Waals surface area (Å²) in [5.74, 6) is 0.231. The van der Waals surface area contributed by atoms with Gasteiger partial charge in [-0.3, -0.25) is 4.79 Å². The number of amides is 1. The van der Waals surface area contributed by atoms with Gasteiger partial charge in [0.15, 0.2) is 0 Å². The highest BCUT2D eigenvalue weighted by Crippen LogP contribution is 2.28. The maximum absolute atomic E-state index is 13.3. The SMILES string of the molecule is O=C(c1cc2cc(F)ccc2[nH]1)N1CCC(c2ccccc2)CC1. The van der Waals surface area contributed by atoms with Crippen LogP contribution < -0.4 is 0 Å². The average Bonchev–Trinajstić information content (AvgIpc) is 3.05. The molecule has 2 aromatic carbocycles. The Labute approximate surface area is 140 Å². The number of halogens is 1. The van der Waals surface area contributed by atoms with E-state index in [1.54, 1.807) is 12.1 Å². The van der Waals surface area contributed by atoms with Crippen molar-refractivity contribution in [1.29, 1.82) is 0 Å². The Kier molecular flexibility index (Phi) is 3.81. The summed E-state index contributed by atoms with van der Waals surface area (Å²) in [5, 5.41) is 0.734. The van der Waals surface area contributed by atoms with Crippen molar-refractivity contribution in [3.8, 4) is 0 Å². The molecule has 0 radical (unpaired) electrons. The zero-order valence-corrected chi connectivity index (χ0v) is 13.3. The second-order valence-electron chi connectivity index (χ2n) is 6.39. The fraction of sp³-hybridized carbons (Fsp3) is 0.250. The summed E-state index contributed by atoms with van der Waals surface area (Å²) in [4.78, 5) is 17.7. The molecule has 1 aliphatic rings. The monoisotopic (exact) mass is 322 g/mol. The van der Waals surface area contributed by atoms with Gasteiger partial charge in [0.05, 0.1) is 0 Å². The first-order valence-electron chi connectivity index (χ1n) is 8.33. The van der Waals surface area contributed by atoms with E-state index in [0.29, 0.717) is 11.6 Å². The molecular weight excluding hydrogens is 303 g/mol. The molecule has 4 heteroatoms. The van der Waals surface area contributed by atoms with Gasteiger partial charge in [0.1, 0.15) is 11.5 Å². The minimum Gasteiger partial charge on any atom is -0.351 e. The third-order valence-electron chi connectivity index (χ3n) is 4.87. The topological polar surface area (TPSA) is 36.1 Å². The summed E-state index contributed by atoms with van der Waals surface area (Å²) >= 11 is 0. The zero-order chi connectivity index (χ0) is 16.5. The summed E-state index contributed by atoms with van der Waals surface area (Å²) in [5.41, 5.74) is 2.68. The van der Waals surface area contributed by atoms with Crippen molar-refractivity contribution in [2.24, 2.45) is 0 Å². The number of fused-ring (bicyclic) bond motifs is 1. The van der Waals surface area contributed by atoms with E-state index >= 15 is 0 Å². The number of nitrogens with one attached hydrogen (secondary N) is 1. The number of hydrogen-bond acceptors (Lipinski definition) is 1. The molecule has 0 bridgehead atoms. The van der Waals surface area contributed by atoms with Gasteiger partial charge < -0.3 is 9.88 Å². The quantitative estimate of drug-likeness (QED) is 0.749. The highest BCUT2D eigenvalue weighted by atomic mass is 19.1. The molecule has 1 saturated heterocycles. The molecule has 1 aliphatic heterocycles. The van der Waals surface area contributed by atoms with E-state index in [2.05, 4.69) is 29.2 Å². The molecule has 0 unspecified atom stereocenters. The Morgan fingerprint density at radius 2 is 1.79 bits per heavy atom. The van der Waals surface area contributed by atoms with Crippen LogP contribution in [-0.2, 0) is 0 Å². The number of hydrogen-bond donors (Lipinski definition) is 1. The van der Waals surface area contributed by atoms with Crippen LogP contribution in [0.25, 0.3) is 10.9 Å². The summed E-state index contributed by atoms with van der Waals surface area (Å²) in [6.45, 7) is 1.50. The number of carbonyl (C=O) groups is 1. The Balaban J connectivity index is 1.47. The molecular formula is C20H19FN2O. The Morgan fingerprint density at radius 3 is 2.54 bits per heavy atom. The molecule has 4 rings (SSSR count). The first kappa shape index (κ1) is 14.9. The van der Waals surface area contributed by atoms with Crippen molar-refractivity contribution in [1.82, 2.24) is 9.88 Å². The number of nitrogens with zero attached hydrogens (tertiary/aromatic N) is 1. The van der Waals surface area contributed by atoms with Crippen LogP contribution in [-0.4, -0.2) is 28.9 Å². The molecule has 1 N–H and O–H groups in total. The van der Waals surface area contributed by atoms with Crippen LogP contribution in [0.1, 0.15) is 34.8 Å². The van der Waals surface area contributed by atoms with Crippen molar-refractivity contribution < 1.29 is 9.18 Å². The van der Waals surface area contributed by atoms with Gasteiger partial charge in [-0.05, 0) is 48.6 Å². The number of aromatic nitrogens is 1. The molecule has 3 nitrogen and oxygen atoms in total. The highest BCUT2D eigenvalue weighted by Gasteiger charge is 2.25. The fourth-order valence-electron chi connectivity index (χ4n) is 3.53. The van der Waals surface area contributed by atoms with Crippen LogP contribution in [0.15, 0.2) is 54.6 Å². The lowest BCUT2D eigenvalue weighted by Crippen LogP contribution is -2.38. The molecule has 2 heterocycles. The van der Waals surface area contributed by atoms with Gasteiger partial charge in [-0.2, -0.15) is 0 Å². The van der Waals surface area contributed by atoms with Crippen molar-refractivity contribution in [3.05, 3.63) is 71.7 Å². The molecule has 0 aliphatic carbocycles. The fourth-order valence-corrected chi connectivity index (χ4v) is 3.53. The molecule has 24 heavy (non-hydrogen) atoms. The summed E-state index contributed by atoms with van der Waals surface area (Å²) in [6, 6.07) is 16.7. The maximum atomic E-state index is 13.3. The number of aromatic amines is 1. The lowest BCUT2D eigenvalue weighted by Gasteiger charge is -2.32. The van der Waals surface area contributed by atoms with E-state index in [4.69, 9.17) is 0 Å². The smallest absolute Gasteiger partial charge is 0.270 e. The predicted molar refractivity (Wildman–Crippen MR) is 92.6 cm³/mol. The van der Waals surface area contributed by atoms with E-state index in [9.17, 15) is 9.18 Å². The minimum absolute atomic E-state index is 0.00174. The standard InChI is InChI=1S/C20H19FN2O/c21-17-6-7-18-16(12-17)13-19(22-18)20(24)23-10-8-15(9-11-23)14-4-2-1-3-5-14/h1-7,12-13,15,22H,8-11H2. The van der Waals surface area contributed by atoms with Crippen molar-refractivity contribution in [3.63, 3.8) is 0 Å². The van der Waals surface area contributed by atoms with Gasteiger partial charge in [0.25, 0.3) is 5.91 Å². The van der Waals surface area contributed by atoms with E-state index in [0.717, 1.165) is 36.8 Å². The van der Waals surface area contributed by atoms with E-state index in [1.165, 1.54) is 17.7 Å². The molecule has 0 atom stereocenters. The zero-order valence-electron chi connectivity index (χ0n) is 13.3. The second-order valence-corrected chi connectivity index (χ2v) is 6.39. The number of piperidine rings is 1. The predicted octanol–water partition coefficient (Wildman–Crippen LogP) is 4.33. The lowest BCUT2D eigenvalue weighted by atomic mass is 9.89. The maximum Gasteiger partial charge on any atom is 0.270 e. The van der Waals surface area contributed by atoms with E-state index < -0.39 is 0 Å². The van der Waals surface area contributed by atoms with Crippen molar-refractivity contribution >= 4 is 16.8 Å². The molecule has 122 valence electrons. The minimum atomic E-state index is -0.288. The van der Waals surface area contributed by atoms with Gasteiger partial charge in [-0.25, -0.2) is 4.39 Å². The number of rotatable bonds is 2. The number of benzene rings is 2. The van der Waals surface area contributed by atoms with Gasteiger partial charge >= 0.3 is 0 Å². The van der Waals surface area contributed by atoms with Crippen LogP contribution in [0.4, 0.5) is 4.39 Å². The van der Waals surface area contributed by atoms with Gasteiger partial charge in [-0.1, -0.05) is 30.3 Å². The number of carbonyl (C=O) groups excluding carboxylic acids is 1. The van der Waals surface area contributed by atoms with Crippen LogP contribution >= 0.6 is 0 Å². The average molecular weight is 322 g/mol. The van der Waals surface area contributed by atoms with Gasteiger partial charge in [-0.15, -0.1) is 0 Å². The van der Waals surface area contributed by atoms with Crippen molar-refractivity contribution in [2.45, 2.75) is 18.8 Å². The van der Waals surface area contributed by atoms with Crippen LogP contribution in [0.3, 0.4) is 0 Å². The third kappa shape index (κ3) is 2.80.